The predicted octanol–water partition coefficient (Wildman–Crippen LogP) is 4.51. The summed E-state index contributed by atoms with van der Waals surface area (Å²) >= 11 is 6.98. The highest BCUT2D eigenvalue weighted by Crippen LogP contribution is 2.55. The number of thiophene rings is 1. The van der Waals surface area contributed by atoms with Crippen LogP contribution >= 0.6 is 22.9 Å². The number of carboxylic acid groups (broad SMARTS) is 1. The molecule has 0 aliphatic heterocycles. The Kier molecular flexibility index (Phi) is 6.52. The summed E-state index contributed by atoms with van der Waals surface area (Å²) in [5.74, 6) is -1.46. The second kappa shape index (κ2) is 8.98. The normalized spacial score (nSPS) is 20.2. The average molecular weight is 522 g/mol. The van der Waals surface area contributed by atoms with Crippen molar-refractivity contribution in [3.05, 3.63) is 71.2 Å². The van der Waals surface area contributed by atoms with Gasteiger partial charge in [-0.2, -0.15) is 4.72 Å². The van der Waals surface area contributed by atoms with E-state index in [-0.39, 0.29) is 17.2 Å². The van der Waals surface area contributed by atoms with Gasteiger partial charge in [0.05, 0.1) is 5.60 Å². The van der Waals surface area contributed by atoms with Crippen molar-refractivity contribution in [2.24, 2.45) is 0 Å². The third-order valence-electron chi connectivity index (χ3n) is 5.51. The number of hydrogen-bond donors (Lipinski definition) is 3. The zero-order valence-corrected chi connectivity index (χ0v) is 20.9. The molecule has 0 unspecified atom stereocenters. The van der Waals surface area contributed by atoms with Crippen LogP contribution in [0.1, 0.15) is 31.7 Å². The van der Waals surface area contributed by atoms with Crippen molar-refractivity contribution in [1.82, 2.24) is 4.72 Å². The molecule has 7 nitrogen and oxygen atoms in total. The van der Waals surface area contributed by atoms with Crippen molar-refractivity contribution < 1.29 is 28.2 Å². The Bertz CT molecular complexity index is 1310. The Labute approximate surface area is 207 Å². The number of benzene rings is 2. The molecule has 1 aliphatic rings. The Balaban J connectivity index is 1.58. The predicted molar refractivity (Wildman–Crippen MR) is 131 cm³/mol. The molecule has 180 valence electrons. The molecular weight excluding hydrogens is 498 g/mol. The third-order valence-corrected chi connectivity index (χ3v) is 8.90. The molecule has 1 aromatic heterocycles. The van der Waals surface area contributed by atoms with Gasteiger partial charge in [0.1, 0.15) is 22.1 Å². The van der Waals surface area contributed by atoms with Crippen molar-refractivity contribution in [3.63, 3.8) is 0 Å². The molecule has 10 heteroatoms. The summed E-state index contributed by atoms with van der Waals surface area (Å²) in [6.45, 7) is 3.20. The third kappa shape index (κ3) is 5.13. The summed E-state index contributed by atoms with van der Waals surface area (Å²) in [4.78, 5) is 13.0. The van der Waals surface area contributed by atoms with Gasteiger partial charge in [-0.3, -0.25) is 4.79 Å². The van der Waals surface area contributed by atoms with E-state index in [2.05, 4.69) is 4.72 Å². The second-order valence-electron chi connectivity index (χ2n) is 8.90. The lowest BCUT2D eigenvalue weighted by Gasteiger charge is -2.20. The topological polar surface area (TPSA) is 113 Å². The summed E-state index contributed by atoms with van der Waals surface area (Å²) in [6, 6.07) is 17.0. The first kappa shape index (κ1) is 24.7. The summed E-state index contributed by atoms with van der Waals surface area (Å²) < 4.78 is 34.5. The van der Waals surface area contributed by atoms with E-state index in [0.29, 0.717) is 16.3 Å². The maximum atomic E-state index is 13.2. The fraction of sp³-hybridized carbons (Fsp3) is 0.292. The smallest absolute Gasteiger partial charge is 0.325 e. The van der Waals surface area contributed by atoms with Gasteiger partial charge >= 0.3 is 5.97 Å². The van der Waals surface area contributed by atoms with Gasteiger partial charge in [-0.1, -0.05) is 41.9 Å². The summed E-state index contributed by atoms with van der Waals surface area (Å²) in [7, 11) is -4.10. The van der Waals surface area contributed by atoms with Crippen LogP contribution in [-0.4, -0.2) is 42.3 Å². The number of carboxylic acids is 1. The number of nitrogens with one attached hydrogen (secondary N) is 1. The minimum atomic E-state index is -4.10. The standard InChI is InChI=1S/C24H24ClNO6S2/c1-23(2,29)14-32-19-6-4-3-5-17(19)18-13-24(18,22(27)28)26-34(30,31)21-12-11-20(33-21)15-7-9-16(25)10-8-15/h3-12,18,26,29H,13-14H2,1-2H3,(H,27,28)/t18-,24+/m0/s1. The number of carbonyl (C=O) groups is 1. The summed E-state index contributed by atoms with van der Waals surface area (Å²) in [5, 5.41) is 20.5. The van der Waals surface area contributed by atoms with Crippen LogP contribution in [0.4, 0.5) is 0 Å². The zero-order chi connectivity index (χ0) is 24.7. The molecule has 1 aliphatic carbocycles. The van der Waals surface area contributed by atoms with Crippen molar-refractivity contribution in [2.45, 2.75) is 41.5 Å². The van der Waals surface area contributed by atoms with E-state index in [9.17, 15) is 23.4 Å². The highest BCUT2D eigenvalue weighted by atomic mass is 35.5. The minimum absolute atomic E-state index is 0.00516. The summed E-state index contributed by atoms with van der Waals surface area (Å²) in [5.41, 5.74) is -1.38. The molecule has 1 heterocycles. The molecule has 2 aromatic carbocycles. The van der Waals surface area contributed by atoms with Gasteiger partial charge in [-0.25, -0.2) is 8.42 Å². The summed E-state index contributed by atoms with van der Waals surface area (Å²) in [6.07, 6.45) is 0.0832. The Morgan fingerprint density at radius 2 is 1.85 bits per heavy atom. The van der Waals surface area contributed by atoms with Crippen LogP contribution in [-0.2, 0) is 14.8 Å². The number of aliphatic hydroxyl groups is 1. The van der Waals surface area contributed by atoms with Crippen LogP contribution in [0.25, 0.3) is 10.4 Å². The molecule has 1 saturated carbocycles. The maximum absolute atomic E-state index is 13.2. The highest BCUT2D eigenvalue weighted by molar-refractivity contribution is 7.91. The van der Waals surface area contributed by atoms with Crippen molar-refractivity contribution >= 4 is 38.9 Å². The Morgan fingerprint density at radius 1 is 1.18 bits per heavy atom. The molecule has 0 bridgehead atoms. The first-order valence-corrected chi connectivity index (χ1v) is 13.2. The van der Waals surface area contributed by atoms with Crippen molar-refractivity contribution in [3.8, 4) is 16.2 Å². The van der Waals surface area contributed by atoms with E-state index >= 15 is 0 Å². The van der Waals surface area contributed by atoms with Crippen LogP contribution in [0, 0.1) is 0 Å². The average Bonchev–Trinajstić information content (AvgIpc) is 3.25. The minimum Gasteiger partial charge on any atom is -0.490 e. The number of sulfonamides is 1. The van der Waals surface area contributed by atoms with Gasteiger partial charge < -0.3 is 14.9 Å². The van der Waals surface area contributed by atoms with Crippen molar-refractivity contribution in [1.29, 1.82) is 0 Å². The lowest BCUT2D eigenvalue weighted by Crippen LogP contribution is -2.44. The lowest BCUT2D eigenvalue weighted by atomic mass is 10.1. The number of hydrogen-bond acceptors (Lipinski definition) is 6. The molecular formula is C24H24ClNO6S2. The van der Waals surface area contributed by atoms with E-state index < -0.39 is 33.1 Å². The molecule has 0 spiro atoms. The number of para-hydroxylation sites is 1. The molecule has 34 heavy (non-hydrogen) atoms. The van der Waals surface area contributed by atoms with Gasteiger partial charge in [0, 0.05) is 15.8 Å². The number of ether oxygens (including phenoxy) is 1. The first-order valence-electron chi connectivity index (χ1n) is 10.5. The monoisotopic (exact) mass is 521 g/mol. The molecule has 0 amide bonds. The van der Waals surface area contributed by atoms with Crippen LogP contribution < -0.4 is 9.46 Å². The molecule has 1 fully saturated rings. The number of aliphatic carboxylic acids is 1. The fourth-order valence-electron chi connectivity index (χ4n) is 3.71. The molecule has 0 radical (unpaired) electrons. The van der Waals surface area contributed by atoms with E-state index in [4.69, 9.17) is 16.3 Å². The maximum Gasteiger partial charge on any atom is 0.325 e. The van der Waals surface area contributed by atoms with E-state index in [0.717, 1.165) is 21.8 Å². The van der Waals surface area contributed by atoms with E-state index in [1.807, 2.05) is 0 Å². The highest BCUT2D eigenvalue weighted by Gasteiger charge is 2.64. The van der Waals surface area contributed by atoms with E-state index in [1.54, 1.807) is 68.4 Å². The van der Waals surface area contributed by atoms with Crippen LogP contribution in [0.5, 0.6) is 5.75 Å². The van der Waals surface area contributed by atoms with Crippen LogP contribution in [0.15, 0.2) is 64.9 Å². The molecule has 3 N–H and O–H groups in total. The van der Waals surface area contributed by atoms with Crippen molar-refractivity contribution in [2.75, 3.05) is 6.61 Å². The lowest BCUT2D eigenvalue weighted by molar-refractivity contribution is -0.140. The van der Waals surface area contributed by atoms with Crippen LogP contribution in [0.2, 0.25) is 5.02 Å². The van der Waals surface area contributed by atoms with Gasteiger partial charge in [0.25, 0.3) is 10.0 Å². The van der Waals surface area contributed by atoms with Gasteiger partial charge in [-0.05, 0) is 61.7 Å². The first-order chi connectivity index (χ1) is 15.9. The molecule has 0 saturated heterocycles. The largest absolute Gasteiger partial charge is 0.490 e. The molecule has 4 rings (SSSR count). The Morgan fingerprint density at radius 3 is 2.50 bits per heavy atom. The quantitative estimate of drug-likeness (QED) is 0.382. The second-order valence-corrected chi connectivity index (χ2v) is 12.3. The number of rotatable bonds is 9. The van der Waals surface area contributed by atoms with Gasteiger partial charge in [0.15, 0.2) is 0 Å². The number of halogens is 1. The van der Waals surface area contributed by atoms with Crippen LogP contribution in [0.3, 0.4) is 0 Å². The Hall–Kier alpha value is -2.43. The molecule has 2 atom stereocenters. The van der Waals surface area contributed by atoms with Gasteiger partial charge in [0.2, 0.25) is 0 Å². The van der Waals surface area contributed by atoms with E-state index in [1.165, 1.54) is 6.07 Å². The zero-order valence-electron chi connectivity index (χ0n) is 18.5. The SMILES string of the molecule is CC(C)(O)COc1ccccc1[C@@H]1C[C@]1(NS(=O)(=O)c1ccc(-c2ccc(Cl)cc2)s1)C(=O)O. The molecule has 3 aromatic rings. The fourth-order valence-corrected chi connectivity index (χ4v) is 6.55. The van der Waals surface area contributed by atoms with Gasteiger partial charge in [-0.15, -0.1) is 11.3 Å².